The first-order valence-electron chi connectivity index (χ1n) is 4.48. The number of anilines is 1. The predicted octanol–water partition coefficient (Wildman–Crippen LogP) is 2.24. The van der Waals surface area contributed by atoms with E-state index < -0.39 is 23.6 Å². The Labute approximate surface area is 85.7 Å². The maximum absolute atomic E-state index is 12.8. The third-order valence-corrected chi connectivity index (χ3v) is 1.91. The van der Waals surface area contributed by atoms with Crippen molar-refractivity contribution in [2.75, 3.05) is 5.32 Å². The van der Waals surface area contributed by atoms with Gasteiger partial charge in [0.2, 0.25) is 0 Å². The quantitative estimate of drug-likeness (QED) is 0.809. The minimum atomic E-state index is -1.05. The highest BCUT2D eigenvalue weighted by Crippen LogP contribution is 2.14. The monoisotopic (exact) mass is 215 g/mol. The van der Waals surface area contributed by atoms with Gasteiger partial charge in [0.05, 0.1) is 0 Å². The van der Waals surface area contributed by atoms with Crippen molar-refractivity contribution in [1.82, 2.24) is 0 Å². The number of hydrogen-bond donors (Lipinski definition) is 2. The van der Waals surface area contributed by atoms with Gasteiger partial charge in [0.1, 0.15) is 17.7 Å². The minimum absolute atomic E-state index is 0.127. The molecule has 0 spiro atoms. The van der Waals surface area contributed by atoms with Crippen molar-refractivity contribution >= 4 is 11.7 Å². The summed E-state index contributed by atoms with van der Waals surface area (Å²) in [6.45, 7) is 1.67. The first-order chi connectivity index (χ1) is 7.02. The molecule has 2 N–H and O–H groups in total. The second kappa shape index (κ2) is 4.72. The topological polar surface area (TPSA) is 49.3 Å². The number of hydrogen-bond acceptors (Lipinski definition) is 2. The molecule has 0 aromatic heterocycles. The summed E-state index contributed by atoms with van der Waals surface area (Å²) in [5.74, 6) is -2.53. The summed E-state index contributed by atoms with van der Waals surface area (Å²) in [6.07, 6.45) is 0.327. The van der Waals surface area contributed by atoms with E-state index in [1.807, 2.05) is 0 Å². The number of rotatable bonds is 4. The Bertz CT molecular complexity index is 348. The Morgan fingerprint density at radius 2 is 1.93 bits per heavy atom. The average molecular weight is 215 g/mol. The summed E-state index contributed by atoms with van der Waals surface area (Å²) >= 11 is 0. The van der Waals surface area contributed by atoms with E-state index in [1.54, 1.807) is 6.92 Å². The van der Waals surface area contributed by atoms with E-state index in [2.05, 4.69) is 5.32 Å². The minimum Gasteiger partial charge on any atom is -0.480 e. The van der Waals surface area contributed by atoms with Crippen LogP contribution in [0.15, 0.2) is 18.2 Å². The lowest BCUT2D eigenvalue weighted by Crippen LogP contribution is -2.28. The van der Waals surface area contributed by atoms with Gasteiger partial charge in [0.15, 0.2) is 0 Å². The van der Waals surface area contributed by atoms with Gasteiger partial charge in [-0.2, -0.15) is 0 Å². The molecule has 1 atom stereocenters. The number of benzene rings is 1. The Balaban J connectivity index is 2.83. The zero-order valence-electron chi connectivity index (χ0n) is 8.13. The maximum Gasteiger partial charge on any atom is 0.326 e. The molecule has 0 aliphatic heterocycles. The van der Waals surface area contributed by atoms with Gasteiger partial charge in [-0.15, -0.1) is 0 Å². The third-order valence-electron chi connectivity index (χ3n) is 1.91. The highest BCUT2D eigenvalue weighted by molar-refractivity contribution is 5.77. The Morgan fingerprint density at radius 3 is 2.33 bits per heavy atom. The number of nitrogens with one attached hydrogen (secondary N) is 1. The molecule has 0 aliphatic carbocycles. The first-order valence-corrected chi connectivity index (χ1v) is 4.48. The van der Waals surface area contributed by atoms with Crippen molar-refractivity contribution in [1.29, 1.82) is 0 Å². The lowest BCUT2D eigenvalue weighted by molar-refractivity contribution is -0.137. The van der Waals surface area contributed by atoms with Crippen LogP contribution in [-0.2, 0) is 4.79 Å². The Morgan fingerprint density at radius 1 is 1.40 bits per heavy atom. The molecule has 15 heavy (non-hydrogen) atoms. The van der Waals surface area contributed by atoms with Crippen LogP contribution in [-0.4, -0.2) is 17.1 Å². The molecule has 0 amide bonds. The molecule has 1 unspecified atom stereocenters. The Hall–Kier alpha value is -1.65. The summed E-state index contributed by atoms with van der Waals surface area (Å²) < 4.78 is 25.5. The maximum atomic E-state index is 12.8. The summed E-state index contributed by atoms with van der Waals surface area (Å²) in [7, 11) is 0. The molecule has 0 bridgehead atoms. The zero-order valence-corrected chi connectivity index (χ0v) is 8.13. The largest absolute Gasteiger partial charge is 0.480 e. The van der Waals surface area contributed by atoms with Gasteiger partial charge in [0, 0.05) is 11.8 Å². The molecule has 1 aromatic rings. The second-order valence-corrected chi connectivity index (χ2v) is 3.10. The Kier molecular flexibility index (Phi) is 3.60. The first kappa shape index (κ1) is 11.4. The molecule has 1 aromatic carbocycles. The zero-order chi connectivity index (χ0) is 11.4. The van der Waals surface area contributed by atoms with E-state index in [9.17, 15) is 13.6 Å². The van der Waals surface area contributed by atoms with E-state index in [4.69, 9.17) is 5.11 Å². The van der Waals surface area contributed by atoms with E-state index in [0.717, 1.165) is 18.2 Å². The third kappa shape index (κ3) is 3.19. The molecule has 3 nitrogen and oxygen atoms in total. The van der Waals surface area contributed by atoms with Crippen molar-refractivity contribution in [2.24, 2.45) is 0 Å². The molecule has 5 heteroatoms. The van der Waals surface area contributed by atoms with Crippen LogP contribution in [0.5, 0.6) is 0 Å². The van der Waals surface area contributed by atoms with Crippen LogP contribution in [0.2, 0.25) is 0 Å². The van der Waals surface area contributed by atoms with Crippen LogP contribution in [0.25, 0.3) is 0 Å². The molecular weight excluding hydrogens is 204 g/mol. The number of carbonyl (C=O) groups is 1. The fraction of sp³-hybridized carbons (Fsp3) is 0.300. The standard InChI is InChI=1S/C10H11F2NO2/c1-2-9(10(14)15)13-8-4-6(11)3-7(12)5-8/h3-5,9,13H,2H2,1H3,(H,14,15). The van der Waals surface area contributed by atoms with E-state index in [-0.39, 0.29) is 5.69 Å². The van der Waals surface area contributed by atoms with Crippen LogP contribution in [0, 0.1) is 11.6 Å². The molecule has 82 valence electrons. The lowest BCUT2D eigenvalue weighted by atomic mass is 10.2. The van der Waals surface area contributed by atoms with Crippen molar-refractivity contribution < 1.29 is 18.7 Å². The van der Waals surface area contributed by atoms with Gasteiger partial charge in [-0.3, -0.25) is 0 Å². The van der Waals surface area contributed by atoms with Crippen LogP contribution in [0.4, 0.5) is 14.5 Å². The lowest BCUT2D eigenvalue weighted by Gasteiger charge is -2.13. The molecule has 0 saturated heterocycles. The second-order valence-electron chi connectivity index (χ2n) is 3.10. The van der Waals surface area contributed by atoms with Gasteiger partial charge in [-0.25, -0.2) is 13.6 Å². The van der Waals surface area contributed by atoms with Crippen molar-refractivity contribution in [3.63, 3.8) is 0 Å². The van der Waals surface area contributed by atoms with Gasteiger partial charge in [0.25, 0.3) is 0 Å². The van der Waals surface area contributed by atoms with Crippen molar-refractivity contribution in [3.05, 3.63) is 29.8 Å². The van der Waals surface area contributed by atoms with Gasteiger partial charge >= 0.3 is 5.97 Å². The fourth-order valence-corrected chi connectivity index (χ4v) is 1.18. The molecule has 0 saturated carbocycles. The number of carboxylic acid groups (broad SMARTS) is 1. The van der Waals surface area contributed by atoms with E-state index in [1.165, 1.54) is 0 Å². The van der Waals surface area contributed by atoms with Crippen molar-refractivity contribution in [3.8, 4) is 0 Å². The molecule has 0 radical (unpaired) electrons. The number of halogens is 2. The predicted molar refractivity (Wildman–Crippen MR) is 51.7 cm³/mol. The summed E-state index contributed by atoms with van der Waals surface area (Å²) in [4.78, 5) is 10.7. The highest BCUT2D eigenvalue weighted by Gasteiger charge is 2.14. The van der Waals surface area contributed by atoms with Crippen molar-refractivity contribution in [2.45, 2.75) is 19.4 Å². The summed E-state index contributed by atoms with van der Waals surface area (Å²) in [5, 5.41) is 11.3. The molecule has 0 aliphatic rings. The number of carboxylic acids is 1. The molecular formula is C10H11F2NO2. The van der Waals surface area contributed by atoms with Gasteiger partial charge in [-0.05, 0) is 18.6 Å². The van der Waals surface area contributed by atoms with E-state index >= 15 is 0 Å². The summed E-state index contributed by atoms with van der Waals surface area (Å²) in [5.41, 5.74) is 0.127. The van der Waals surface area contributed by atoms with Gasteiger partial charge in [-0.1, -0.05) is 6.92 Å². The van der Waals surface area contributed by atoms with Crippen LogP contribution >= 0.6 is 0 Å². The molecule has 0 fully saturated rings. The number of aliphatic carboxylic acids is 1. The SMILES string of the molecule is CCC(Nc1cc(F)cc(F)c1)C(=O)O. The summed E-state index contributed by atoms with van der Waals surface area (Å²) in [6, 6.07) is 1.99. The van der Waals surface area contributed by atoms with E-state index in [0.29, 0.717) is 6.42 Å². The average Bonchev–Trinajstić information content (AvgIpc) is 2.12. The molecule has 1 rings (SSSR count). The van der Waals surface area contributed by atoms with Crippen LogP contribution in [0.3, 0.4) is 0 Å². The molecule has 0 heterocycles. The van der Waals surface area contributed by atoms with Gasteiger partial charge < -0.3 is 10.4 Å². The normalized spacial score (nSPS) is 12.2. The van der Waals surface area contributed by atoms with Crippen LogP contribution < -0.4 is 5.32 Å². The smallest absolute Gasteiger partial charge is 0.326 e. The highest BCUT2D eigenvalue weighted by atomic mass is 19.1. The van der Waals surface area contributed by atoms with Crippen LogP contribution in [0.1, 0.15) is 13.3 Å². The fourth-order valence-electron chi connectivity index (χ4n) is 1.18.